The SMILES string of the molecule is Cc1ccc(C#N)cc1NC1CCC2CCCCC2C1. The lowest BCUT2D eigenvalue weighted by molar-refractivity contribution is 0.162. The van der Waals surface area contributed by atoms with E-state index in [2.05, 4.69) is 18.3 Å². The van der Waals surface area contributed by atoms with E-state index in [1.54, 1.807) is 0 Å². The van der Waals surface area contributed by atoms with Crippen molar-refractivity contribution in [2.24, 2.45) is 11.8 Å². The third-order valence-electron chi connectivity index (χ3n) is 5.27. The first kappa shape index (κ1) is 13.5. The highest BCUT2D eigenvalue weighted by atomic mass is 14.9. The first-order valence-electron chi connectivity index (χ1n) is 8.03. The molecule has 0 amide bonds. The van der Waals surface area contributed by atoms with Crippen LogP contribution in [0.5, 0.6) is 0 Å². The Labute approximate surface area is 122 Å². The zero-order chi connectivity index (χ0) is 13.9. The van der Waals surface area contributed by atoms with Crippen molar-refractivity contribution in [3.63, 3.8) is 0 Å². The van der Waals surface area contributed by atoms with E-state index in [0.29, 0.717) is 6.04 Å². The molecule has 2 aliphatic rings. The second kappa shape index (κ2) is 5.87. The summed E-state index contributed by atoms with van der Waals surface area (Å²) in [5.74, 6) is 1.93. The van der Waals surface area contributed by atoms with Crippen LogP contribution >= 0.6 is 0 Å². The summed E-state index contributed by atoms with van der Waals surface area (Å²) in [6, 6.07) is 8.79. The number of benzene rings is 1. The largest absolute Gasteiger partial charge is 0.382 e. The molecule has 0 saturated heterocycles. The Balaban J connectivity index is 1.68. The van der Waals surface area contributed by atoms with E-state index in [9.17, 15) is 0 Å². The van der Waals surface area contributed by atoms with E-state index in [-0.39, 0.29) is 0 Å². The molecule has 0 radical (unpaired) electrons. The quantitative estimate of drug-likeness (QED) is 0.848. The minimum atomic E-state index is 0.599. The lowest BCUT2D eigenvalue weighted by Gasteiger charge is -2.40. The molecule has 0 aliphatic heterocycles. The van der Waals surface area contributed by atoms with E-state index in [1.165, 1.54) is 50.5 Å². The molecule has 0 spiro atoms. The molecule has 0 heterocycles. The van der Waals surface area contributed by atoms with Crippen LogP contribution in [-0.4, -0.2) is 6.04 Å². The fourth-order valence-electron chi connectivity index (χ4n) is 4.07. The molecular formula is C18H24N2. The summed E-state index contributed by atoms with van der Waals surface area (Å²) in [7, 11) is 0. The lowest BCUT2D eigenvalue weighted by atomic mass is 9.69. The number of nitrogens with one attached hydrogen (secondary N) is 1. The molecule has 2 fully saturated rings. The van der Waals surface area contributed by atoms with Gasteiger partial charge in [-0.2, -0.15) is 5.26 Å². The summed E-state index contributed by atoms with van der Waals surface area (Å²) in [4.78, 5) is 0. The highest BCUT2D eigenvalue weighted by Crippen LogP contribution is 2.41. The maximum absolute atomic E-state index is 9.04. The monoisotopic (exact) mass is 268 g/mol. The van der Waals surface area contributed by atoms with Gasteiger partial charge in [-0.05, 0) is 55.7 Å². The molecule has 1 N–H and O–H groups in total. The molecule has 1 aromatic carbocycles. The van der Waals surface area contributed by atoms with Crippen LogP contribution in [0.1, 0.15) is 56.1 Å². The average molecular weight is 268 g/mol. The normalized spacial score (nSPS) is 29.3. The van der Waals surface area contributed by atoms with Crippen LogP contribution in [0.4, 0.5) is 5.69 Å². The number of aryl methyl sites for hydroxylation is 1. The molecule has 1 aromatic rings. The Morgan fingerprint density at radius 3 is 2.70 bits per heavy atom. The first-order valence-corrected chi connectivity index (χ1v) is 8.03. The summed E-state index contributed by atoms with van der Waals surface area (Å²) in [5, 5.41) is 12.7. The first-order chi connectivity index (χ1) is 9.76. The smallest absolute Gasteiger partial charge is 0.0992 e. The number of rotatable bonds is 2. The van der Waals surface area contributed by atoms with Gasteiger partial charge in [0.2, 0.25) is 0 Å². The molecule has 0 aromatic heterocycles. The van der Waals surface area contributed by atoms with E-state index in [0.717, 1.165) is 23.1 Å². The number of anilines is 1. The van der Waals surface area contributed by atoms with Crippen molar-refractivity contribution in [1.82, 2.24) is 0 Å². The van der Waals surface area contributed by atoms with Crippen LogP contribution < -0.4 is 5.32 Å². The Bertz CT molecular complexity index is 515. The van der Waals surface area contributed by atoms with Crippen LogP contribution in [0, 0.1) is 30.1 Å². The van der Waals surface area contributed by atoms with Crippen LogP contribution in [0.2, 0.25) is 0 Å². The van der Waals surface area contributed by atoms with Crippen molar-refractivity contribution >= 4 is 5.69 Å². The third kappa shape index (κ3) is 2.82. The number of hydrogen-bond acceptors (Lipinski definition) is 2. The Morgan fingerprint density at radius 1 is 1.10 bits per heavy atom. The Morgan fingerprint density at radius 2 is 1.90 bits per heavy atom. The van der Waals surface area contributed by atoms with Crippen LogP contribution in [0.3, 0.4) is 0 Å². The van der Waals surface area contributed by atoms with Crippen LogP contribution in [-0.2, 0) is 0 Å². The van der Waals surface area contributed by atoms with Gasteiger partial charge in [-0.1, -0.05) is 31.7 Å². The predicted molar refractivity (Wildman–Crippen MR) is 82.6 cm³/mol. The molecule has 2 heteroatoms. The number of nitrogens with zero attached hydrogens (tertiary/aromatic N) is 1. The molecule has 3 atom stereocenters. The molecule has 0 bridgehead atoms. The average Bonchev–Trinajstić information content (AvgIpc) is 2.49. The molecule has 106 valence electrons. The maximum Gasteiger partial charge on any atom is 0.0992 e. The topological polar surface area (TPSA) is 35.8 Å². The standard InChI is InChI=1S/C18H24N2/c1-13-6-7-14(12-19)10-18(13)20-17-9-8-15-4-2-3-5-16(15)11-17/h6-7,10,15-17,20H,2-5,8-9,11H2,1H3. The molecule has 20 heavy (non-hydrogen) atoms. The minimum Gasteiger partial charge on any atom is -0.382 e. The number of hydrogen-bond donors (Lipinski definition) is 1. The zero-order valence-electron chi connectivity index (χ0n) is 12.4. The van der Waals surface area contributed by atoms with Crippen molar-refractivity contribution in [3.05, 3.63) is 29.3 Å². The molecule has 2 nitrogen and oxygen atoms in total. The van der Waals surface area contributed by atoms with Gasteiger partial charge in [0.15, 0.2) is 0 Å². The van der Waals surface area contributed by atoms with E-state index in [4.69, 9.17) is 5.26 Å². The number of fused-ring (bicyclic) bond motifs is 1. The van der Waals surface area contributed by atoms with Gasteiger partial charge in [-0.15, -0.1) is 0 Å². The summed E-state index contributed by atoms with van der Waals surface area (Å²) in [6.07, 6.45) is 9.76. The predicted octanol–water partition coefficient (Wildman–Crippen LogP) is 4.64. The molecular weight excluding hydrogens is 244 g/mol. The minimum absolute atomic E-state index is 0.599. The van der Waals surface area contributed by atoms with Gasteiger partial charge in [0.25, 0.3) is 0 Å². The van der Waals surface area contributed by atoms with Gasteiger partial charge in [0.1, 0.15) is 0 Å². The van der Waals surface area contributed by atoms with Gasteiger partial charge in [-0.25, -0.2) is 0 Å². The highest BCUT2D eigenvalue weighted by Gasteiger charge is 2.32. The molecule has 2 aliphatic carbocycles. The summed E-state index contributed by atoms with van der Waals surface area (Å²) in [5.41, 5.74) is 3.16. The molecule has 2 saturated carbocycles. The second-order valence-electron chi connectivity index (χ2n) is 6.60. The zero-order valence-corrected chi connectivity index (χ0v) is 12.4. The highest BCUT2D eigenvalue weighted by molar-refractivity contribution is 5.55. The Hall–Kier alpha value is -1.49. The molecule has 3 unspecified atom stereocenters. The molecule has 3 rings (SSSR count). The van der Waals surface area contributed by atoms with Crippen LogP contribution in [0.25, 0.3) is 0 Å². The van der Waals surface area contributed by atoms with Gasteiger partial charge in [-0.3, -0.25) is 0 Å². The summed E-state index contributed by atoms with van der Waals surface area (Å²) < 4.78 is 0. The van der Waals surface area contributed by atoms with Crippen molar-refractivity contribution in [1.29, 1.82) is 5.26 Å². The fraction of sp³-hybridized carbons (Fsp3) is 0.611. The number of nitriles is 1. The maximum atomic E-state index is 9.04. The van der Waals surface area contributed by atoms with Gasteiger partial charge >= 0.3 is 0 Å². The summed E-state index contributed by atoms with van der Waals surface area (Å²) in [6.45, 7) is 2.12. The van der Waals surface area contributed by atoms with Crippen molar-refractivity contribution < 1.29 is 0 Å². The second-order valence-corrected chi connectivity index (χ2v) is 6.60. The van der Waals surface area contributed by atoms with E-state index >= 15 is 0 Å². The Kier molecular flexibility index (Phi) is 3.96. The lowest BCUT2D eigenvalue weighted by Crippen LogP contribution is -2.34. The summed E-state index contributed by atoms with van der Waals surface area (Å²) >= 11 is 0. The third-order valence-corrected chi connectivity index (χ3v) is 5.27. The van der Waals surface area contributed by atoms with Crippen molar-refractivity contribution in [2.75, 3.05) is 5.32 Å². The van der Waals surface area contributed by atoms with Crippen LogP contribution in [0.15, 0.2) is 18.2 Å². The fourth-order valence-corrected chi connectivity index (χ4v) is 4.07. The van der Waals surface area contributed by atoms with Gasteiger partial charge in [0.05, 0.1) is 11.6 Å². The van der Waals surface area contributed by atoms with Crippen molar-refractivity contribution in [2.45, 2.75) is 57.9 Å². The van der Waals surface area contributed by atoms with Crippen molar-refractivity contribution in [3.8, 4) is 6.07 Å². The van der Waals surface area contributed by atoms with Gasteiger partial charge < -0.3 is 5.32 Å². The van der Waals surface area contributed by atoms with E-state index < -0.39 is 0 Å². The van der Waals surface area contributed by atoms with Gasteiger partial charge in [0, 0.05) is 11.7 Å². The van der Waals surface area contributed by atoms with E-state index in [1.807, 2.05) is 18.2 Å².